The summed E-state index contributed by atoms with van der Waals surface area (Å²) in [7, 11) is 0. The molecule has 4 heterocycles. The molecule has 6 heteroatoms. The molecule has 0 bridgehead atoms. The van der Waals surface area contributed by atoms with Gasteiger partial charge in [0.25, 0.3) is 0 Å². The topological polar surface area (TPSA) is 68.0 Å². The fourth-order valence-corrected chi connectivity index (χ4v) is 3.96. The number of hydrogen-bond acceptors (Lipinski definition) is 5. The zero-order valence-electron chi connectivity index (χ0n) is 15.2. The number of nitrogens with zero attached hydrogens (tertiary/aromatic N) is 5. The first-order valence-electron chi connectivity index (χ1n) is 9.66. The van der Waals surface area contributed by atoms with Crippen LogP contribution in [0.1, 0.15) is 32.1 Å². The largest absolute Gasteiger partial charge is 0.353 e. The Hall–Kier alpha value is -3.02. The predicted octanol–water partition coefficient (Wildman–Crippen LogP) is 4.33. The zero-order valence-corrected chi connectivity index (χ0v) is 15.2. The predicted molar refractivity (Wildman–Crippen MR) is 107 cm³/mol. The zero-order chi connectivity index (χ0) is 18.1. The van der Waals surface area contributed by atoms with Crippen molar-refractivity contribution >= 4 is 22.5 Å². The molecule has 136 valence electrons. The molecule has 0 spiro atoms. The van der Waals surface area contributed by atoms with E-state index in [1.165, 1.54) is 32.1 Å². The molecule has 1 N–H and O–H groups in total. The van der Waals surface area contributed by atoms with E-state index in [4.69, 9.17) is 0 Å². The number of pyridine rings is 2. The van der Waals surface area contributed by atoms with E-state index in [1.54, 1.807) is 6.20 Å². The minimum Gasteiger partial charge on any atom is -0.353 e. The van der Waals surface area contributed by atoms with Crippen LogP contribution in [0.25, 0.3) is 27.7 Å². The highest BCUT2D eigenvalue weighted by Crippen LogP contribution is 2.27. The molecule has 0 saturated heterocycles. The molecule has 1 aliphatic rings. The van der Waals surface area contributed by atoms with E-state index in [2.05, 4.69) is 37.5 Å². The first kappa shape index (κ1) is 16.2. The number of nitrogens with one attached hydrogen (secondary N) is 1. The van der Waals surface area contributed by atoms with Crippen LogP contribution in [0.3, 0.4) is 0 Å². The third-order valence-corrected chi connectivity index (χ3v) is 5.46. The van der Waals surface area contributed by atoms with Crippen LogP contribution in [0.2, 0.25) is 0 Å². The molecular weight excluding hydrogens is 336 g/mol. The summed E-state index contributed by atoms with van der Waals surface area (Å²) in [4.78, 5) is 13.3. The highest BCUT2D eigenvalue weighted by molar-refractivity contribution is 5.86. The normalized spacial score (nSPS) is 15.4. The van der Waals surface area contributed by atoms with E-state index in [0.717, 1.165) is 40.1 Å². The Morgan fingerprint density at radius 1 is 1.04 bits per heavy atom. The molecule has 1 saturated carbocycles. The van der Waals surface area contributed by atoms with Crippen molar-refractivity contribution in [2.45, 2.75) is 32.1 Å². The van der Waals surface area contributed by atoms with Crippen molar-refractivity contribution < 1.29 is 0 Å². The molecule has 0 aromatic carbocycles. The lowest BCUT2D eigenvalue weighted by molar-refractivity contribution is 0.373. The van der Waals surface area contributed by atoms with E-state index >= 15 is 0 Å². The average Bonchev–Trinajstić information content (AvgIpc) is 3.16. The maximum absolute atomic E-state index is 4.63. The van der Waals surface area contributed by atoms with Crippen LogP contribution in [0.15, 0.2) is 49.1 Å². The van der Waals surface area contributed by atoms with Crippen LogP contribution in [-0.2, 0) is 0 Å². The number of aromatic nitrogens is 5. The molecule has 4 aromatic rings. The summed E-state index contributed by atoms with van der Waals surface area (Å²) >= 11 is 0. The summed E-state index contributed by atoms with van der Waals surface area (Å²) in [6.07, 6.45) is 14.2. The Kier molecular flexibility index (Phi) is 4.16. The van der Waals surface area contributed by atoms with Crippen molar-refractivity contribution in [3.63, 3.8) is 0 Å². The van der Waals surface area contributed by atoms with Gasteiger partial charge in [-0.3, -0.25) is 0 Å². The summed E-state index contributed by atoms with van der Waals surface area (Å²) in [5.41, 5.74) is 3.86. The Bertz CT molecular complexity index is 1080. The first-order chi connectivity index (χ1) is 13.4. The second kappa shape index (κ2) is 6.95. The van der Waals surface area contributed by atoms with Gasteiger partial charge in [0.05, 0.1) is 11.7 Å². The lowest BCUT2D eigenvalue weighted by Crippen LogP contribution is -2.18. The number of rotatable bonds is 4. The van der Waals surface area contributed by atoms with Crippen molar-refractivity contribution in [1.82, 2.24) is 24.6 Å². The van der Waals surface area contributed by atoms with Gasteiger partial charge in [-0.25, -0.2) is 19.5 Å². The SMILES string of the molecule is c1cnc2ncc(-c3ccn4nc(NCC5CCCCC5)ncc34)cc2c1. The van der Waals surface area contributed by atoms with Crippen LogP contribution >= 0.6 is 0 Å². The summed E-state index contributed by atoms with van der Waals surface area (Å²) in [5, 5.41) is 9.07. The highest BCUT2D eigenvalue weighted by Gasteiger charge is 2.14. The molecule has 0 aliphatic heterocycles. The summed E-state index contributed by atoms with van der Waals surface area (Å²) < 4.78 is 1.89. The molecule has 0 amide bonds. The van der Waals surface area contributed by atoms with Crippen molar-refractivity contribution in [2.75, 3.05) is 11.9 Å². The van der Waals surface area contributed by atoms with Gasteiger partial charge in [0.15, 0.2) is 5.65 Å². The van der Waals surface area contributed by atoms with Gasteiger partial charge in [-0.05, 0) is 43.0 Å². The third-order valence-electron chi connectivity index (χ3n) is 5.46. The Balaban J connectivity index is 1.40. The maximum Gasteiger partial charge on any atom is 0.241 e. The second-order valence-corrected chi connectivity index (χ2v) is 7.30. The highest BCUT2D eigenvalue weighted by atomic mass is 15.3. The lowest BCUT2D eigenvalue weighted by atomic mass is 9.89. The van der Waals surface area contributed by atoms with E-state index in [9.17, 15) is 0 Å². The molecule has 6 nitrogen and oxygen atoms in total. The van der Waals surface area contributed by atoms with Gasteiger partial charge in [0.2, 0.25) is 5.95 Å². The van der Waals surface area contributed by atoms with E-state index in [-0.39, 0.29) is 0 Å². The summed E-state index contributed by atoms with van der Waals surface area (Å²) in [6, 6.07) is 8.13. The second-order valence-electron chi connectivity index (χ2n) is 7.30. The van der Waals surface area contributed by atoms with Crippen LogP contribution in [0, 0.1) is 5.92 Å². The van der Waals surface area contributed by atoms with Crippen molar-refractivity contribution in [3.8, 4) is 11.1 Å². The lowest BCUT2D eigenvalue weighted by Gasteiger charge is -2.21. The van der Waals surface area contributed by atoms with Crippen molar-refractivity contribution in [3.05, 3.63) is 49.1 Å². The molecule has 1 aliphatic carbocycles. The van der Waals surface area contributed by atoms with E-state index in [1.807, 2.05) is 35.2 Å². The van der Waals surface area contributed by atoms with Gasteiger partial charge in [0, 0.05) is 41.6 Å². The number of fused-ring (bicyclic) bond motifs is 2. The number of anilines is 1. The summed E-state index contributed by atoms with van der Waals surface area (Å²) in [5.74, 6) is 1.44. The van der Waals surface area contributed by atoms with E-state index in [0.29, 0.717) is 5.95 Å². The molecule has 1 fully saturated rings. The van der Waals surface area contributed by atoms with Crippen molar-refractivity contribution in [1.29, 1.82) is 0 Å². The Morgan fingerprint density at radius 2 is 1.96 bits per heavy atom. The first-order valence-corrected chi connectivity index (χ1v) is 9.66. The standard InChI is InChI=1S/C21H22N6/c1-2-5-15(6-3-1)12-24-21-25-14-19-18(8-10-27(19)26-21)17-11-16-7-4-9-22-20(16)23-13-17/h4,7-11,13-15H,1-3,5-6,12H2,(H,24,26). The number of hydrogen-bond donors (Lipinski definition) is 1. The monoisotopic (exact) mass is 358 g/mol. The van der Waals surface area contributed by atoms with Crippen molar-refractivity contribution in [2.24, 2.45) is 5.92 Å². The minimum absolute atomic E-state index is 0.691. The molecular formula is C21H22N6. The van der Waals surface area contributed by atoms with Gasteiger partial charge in [-0.1, -0.05) is 19.3 Å². The van der Waals surface area contributed by atoms with Gasteiger partial charge in [0.1, 0.15) is 0 Å². The molecule has 5 rings (SSSR count). The third kappa shape index (κ3) is 3.23. The molecule has 0 radical (unpaired) electrons. The fraction of sp³-hybridized carbons (Fsp3) is 0.333. The maximum atomic E-state index is 4.63. The van der Waals surface area contributed by atoms with Gasteiger partial charge in [-0.15, -0.1) is 5.10 Å². The van der Waals surface area contributed by atoms with Crippen LogP contribution in [-0.4, -0.2) is 31.1 Å². The smallest absolute Gasteiger partial charge is 0.241 e. The minimum atomic E-state index is 0.691. The quantitative estimate of drug-likeness (QED) is 0.588. The molecule has 4 aromatic heterocycles. The van der Waals surface area contributed by atoms with Gasteiger partial charge in [-0.2, -0.15) is 0 Å². The molecule has 0 unspecified atom stereocenters. The van der Waals surface area contributed by atoms with Crippen LogP contribution < -0.4 is 5.32 Å². The van der Waals surface area contributed by atoms with Gasteiger partial charge >= 0.3 is 0 Å². The van der Waals surface area contributed by atoms with Crippen LogP contribution in [0.4, 0.5) is 5.95 Å². The molecule has 0 atom stereocenters. The summed E-state index contributed by atoms with van der Waals surface area (Å²) in [6.45, 7) is 0.960. The fourth-order valence-electron chi connectivity index (χ4n) is 3.96. The van der Waals surface area contributed by atoms with Crippen LogP contribution in [0.5, 0.6) is 0 Å². The Morgan fingerprint density at radius 3 is 2.89 bits per heavy atom. The molecule has 27 heavy (non-hydrogen) atoms. The Labute approximate surface area is 157 Å². The van der Waals surface area contributed by atoms with Gasteiger partial charge < -0.3 is 5.32 Å². The van der Waals surface area contributed by atoms with E-state index < -0.39 is 0 Å². The average molecular weight is 358 g/mol.